The zero-order valence-corrected chi connectivity index (χ0v) is 14.0. The van der Waals surface area contributed by atoms with Gasteiger partial charge in [0.15, 0.2) is 0 Å². The Bertz CT molecular complexity index is 595. The van der Waals surface area contributed by atoms with E-state index in [1.54, 1.807) is 26.8 Å². The first-order chi connectivity index (χ1) is 10.9. The third-order valence-electron chi connectivity index (χ3n) is 2.78. The highest BCUT2D eigenvalue weighted by Gasteiger charge is 2.34. The minimum atomic E-state index is -4.48. The van der Waals surface area contributed by atoms with Gasteiger partial charge >= 0.3 is 12.3 Å². The highest BCUT2D eigenvalue weighted by Crippen LogP contribution is 2.33. The van der Waals surface area contributed by atoms with Crippen LogP contribution < -0.4 is 10.6 Å². The average molecular weight is 346 g/mol. The lowest BCUT2D eigenvalue weighted by atomic mass is 10.0. The Labute approximate surface area is 138 Å². The Kier molecular flexibility index (Phi) is 6.22. The van der Waals surface area contributed by atoms with Crippen molar-refractivity contribution < 1.29 is 27.5 Å². The van der Waals surface area contributed by atoms with Crippen LogP contribution in [0.5, 0.6) is 0 Å². The Balaban J connectivity index is 3.07. The van der Waals surface area contributed by atoms with E-state index < -0.39 is 36.2 Å². The molecular weight excluding hydrogens is 325 g/mol. The summed E-state index contributed by atoms with van der Waals surface area (Å²) < 4.78 is 43.5. The summed E-state index contributed by atoms with van der Waals surface area (Å²) >= 11 is 0. The van der Waals surface area contributed by atoms with Crippen LogP contribution in [0.15, 0.2) is 24.3 Å². The van der Waals surface area contributed by atoms with Gasteiger partial charge in [0, 0.05) is 12.6 Å². The number of amides is 2. The molecule has 0 heterocycles. The summed E-state index contributed by atoms with van der Waals surface area (Å²) in [6, 6.07) is 4.65. The molecule has 1 unspecified atom stereocenters. The van der Waals surface area contributed by atoms with Gasteiger partial charge < -0.3 is 10.1 Å². The van der Waals surface area contributed by atoms with Crippen LogP contribution in [0.2, 0.25) is 0 Å². The SMILES string of the molecule is CC(=O)NC(CC(F)(F)F)c1ccccc1NC(=O)OC(C)(C)C. The maximum absolute atomic E-state index is 12.8. The van der Waals surface area contributed by atoms with Crippen molar-refractivity contribution in [2.75, 3.05) is 5.32 Å². The maximum atomic E-state index is 12.8. The monoisotopic (exact) mass is 346 g/mol. The van der Waals surface area contributed by atoms with E-state index >= 15 is 0 Å². The number of carbonyl (C=O) groups is 2. The van der Waals surface area contributed by atoms with E-state index in [-0.39, 0.29) is 11.3 Å². The van der Waals surface area contributed by atoms with Gasteiger partial charge in [0.25, 0.3) is 0 Å². The summed E-state index contributed by atoms with van der Waals surface area (Å²) in [5, 5.41) is 4.69. The van der Waals surface area contributed by atoms with Gasteiger partial charge in [0.1, 0.15) is 5.60 Å². The average Bonchev–Trinajstić information content (AvgIpc) is 2.33. The second kappa shape index (κ2) is 7.55. The van der Waals surface area contributed by atoms with Crippen LogP contribution >= 0.6 is 0 Å². The van der Waals surface area contributed by atoms with Crippen molar-refractivity contribution in [1.82, 2.24) is 5.32 Å². The van der Waals surface area contributed by atoms with Crippen molar-refractivity contribution in [2.24, 2.45) is 0 Å². The van der Waals surface area contributed by atoms with Crippen LogP contribution in [0.4, 0.5) is 23.7 Å². The Morgan fingerprint density at radius 3 is 2.25 bits per heavy atom. The molecule has 8 heteroatoms. The molecule has 0 aliphatic rings. The molecule has 1 aromatic carbocycles. The summed E-state index contributed by atoms with van der Waals surface area (Å²) in [5.41, 5.74) is -0.451. The van der Waals surface area contributed by atoms with Gasteiger partial charge in [-0.1, -0.05) is 18.2 Å². The highest BCUT2D eigenvalue weighted by atomic mass is 19.4. The lowest BCUT2D eigenvalue weighted by Crippen LogP contribution is -2.32. The molecule has 0 saturated carbocycles. The van der Waals surface area contributed by atoms with Crippen molar-refractivity contribution >= 4 is 17.7 Å². The zero-order chi connectivity index (χ0) is 18.5. The minimum absolute atomic E-state index is 0.148. The summed E-state index contributed by atoms with van der Waals surface area (Å²) in [7, 11) is 0. The number of para-hydroxylation sites is 1. The summed E-state index contributed by atoms with van der Waals surface area (Å²) in [5.74, 6) is -0.601. The van der Waals surface area contributed by atoms with Crippen molar-refractivity contribution in [3.63, 3.8) is 0 Å². The molecule has 0 fully saturated rings. The second-order valence-electron chi connectivity index (χ2n) is 6.29. The van der Waals surface area contributed by atoms with E-state index in [1.165, 1.54) is 18.2 Å². The van der Waals surface area contributed by atoms with Crippen molar-refractivity contribution in [2.45, 2.75) is 51.9 Å². The Morgan fingerprint density at radius 1 is 1.17 bits per heavy atom. The second-order valence-corrected chi connectivity index (χ2v) is 6.29. The van der Waals surface area contributed by atoms with E-state index in [2.05, 4.69) is 10.6 Å². The predicted octanol–water partition coefficient (Wildman–Crippen LogP) is 4.16. The molecule has 0 aliphatic heterocycles. The number of nitrogens with one attached hydrogen (secondary N) is 2. The number of hydrogen-bond donors (Lipinski definition) is 2. The van der Waals surface area contributed by atoms with Gasteiger partial charge in [0.2, 0.25) is 5.91 Å². The van der Waals surface area contributed by atoms with Crippen LogP contribution in [-0.2, 0) is 9.53 Å². The molecule has 0 saturated heterocycles. The number of halogens is 3. The zero-order valence-electron chi connectivity index (χ0n) is 14.0. The fourth-order valence-corrected chi connectivity index (χ4v) is 2.04. The number of alkyl halides is 3. The van der Waals surface area contributed by atoms with E-state index in [1.807, 2.05) is 0 Å². The van der Waals surface area contributed by atoms with Crippen molar-refractivity contribution in [3.8, 4) is 0 Å². The number of ether oxygens (including phenoxy) is 1. The molecule has 0 radical (unpaired) electrons. The van der Waals surface area contributed by atoms with Crippen LogP contribution in [-0.4, -0.2) is 23.8 Å². The molecule has 0 aliphatic carbocycles. The smallest absolute Gasteiger partial charge is 0.412 e. The first kappa shape index (κ1) is 19.8. The Morgan fingerprint density at radius 2 is 1.75 bits per heavy atom. The standard InChI is InChI=1S/C16H21F3N2O3/c1-10(22)20-13(9-16(17,18)19)11-7-5-6-8-12(11)21-14(23)24-15(2,3)4/h5-8,13H,9H2,1-4H3,(H,20,22)(H,21,23). The van der Waals surface area contributed by atoms with Gasteiger partial charge in [-0.15, -0.1) is 0 Å². The third kappa shape index (κ3) is 7.34. The van der Waals surface area contributed by atoms with Gasteiger partial charge in [-0.3, -0.25) is 10.1 Å². The molecule has 0 aromatic heterocycles. The first-order valence-electron chi connectivity index (χ1n) is 7.30. The van der Waals surface area contributed by atoms with E-state index in [4.69, 9.17) is 4.74 Å². The molecule has 1 atom stereocenters. The fraction of sp³-hybridized carbons (Fsp3) is 0.500. The summed E-state index contributed by atoms with van der Waals surface area (Å²) in [6.45, 7) is 6.14. The van der Waals surface area contributed by atoms with Crippen LogP contribution in [0.25, 0.3) is 0 Å². The van der Waals surface area contributed by atoms with Crippen molar-refractivity contribution in [3.05, 3.63) is 29.8 Å². The van der Waals surface area contributed by atoms with E-state index in [0.29, 0.717) is 0 Å². The number of anilines is 1. The predicted molar refractivity (Wildman–Crippen MR) is 83.5 cm³/mol. The van der Waals surface area contributed by atoms with Crippen LogP contribution in [0.1, 0.15) is 45.7 Å². The molecule has 134 valence electrons. The third-order valence-corrected chi connectivity index (χ3v) is 2.78. The maximum Gasteiger partial charge on any atom is 0.412 e. The minimum Gasteiger partial charge on any atom is -0.444 e. The lowest BCUT2D eigenvalue weighted by molar-refractivity contribution is -0.142. The quantitative estimate of drug-likeness (QED) is 0.860. The van der Waals surface area contributed by atoms with E-state index in [0.717, 1.165) is 6.92 Å². The molecule has 2 amide bonds. The molecule has 1 aromatic rings. The molecule has 2 N–H and O–H groups in total. The fourth-order valence-electron chi connectivity index (χ4n) is 2.04. The van der Waals surface area contributed by atoms with Gasteiger partial charge in [-0.25, -0.2) is 4.79 Å². The van der Waals surface area contributed by atoms with Crippen LogP contribution in [0.3, 0.4) is 0 Å². The number of hydrogen-bond acceptors (Lipinski definition) is 3. The van der Waals surface area contributed by atoms with Gasteiger partial charge in [-0.05, 0) is 32.4 Å². The number of rotatable bonds is 4. The highest BCUT2D eigenvalue weighted by molar-refractivity contribution is 5.86. The number of carbonyl (C=O) groups excluding carboxylic acids is 2. The topological polar surface area (TPSA) is 67.4 Å². The molecular formula is C16H21F3N2O3. The molecule has 24 heavy (non-hydrogen) atoms. The lowest BCUT2D eigenvalue weighted by Gasteiger charge is -2.24. The van der Waals surface area contributed by atoms with Gasteiger partial charge in [0.05, 0.1) is 12.5 Å². The number of benzene rings is 1. The largest absolute Gasteiger partial charge is 0.444 e. The normalized spacial score (nSPS) is 13.1. The first-order valence-corrected chi connectivity index (χ1v) is 7.30. The van der Waals surface area contributed by atoms with E-state index in [9.17, 15) is 22.8 Å². The summed E-state index contributed by atoms with van der Waals surface area (Å²) in [4.78, 5) is 23.1. The van der Waals surface area contributed by atoms with Gasteiger partial charge in [-0.2, -0.15) is 13.2 Å². The molecule has 1 rings (SSSR count). The molecule has 0 bridgehead atoms. The molecule has 5 nitrogen and oxygen atoms in total. The Hall–Kier alpha value is -2.25. The summed E-state index contributed by atoms with van der Waals surface area (Å²) in [6.07, 6.45) is -6.52. The van der Waals surface area contributed by atoms with Crippen molar-refractivity contribution in [1.29, 1.82) is 0 Å². The van der Waals surface area contributed by atoms with Crippen LogP contribution in [0, 0.1) is 0 Å². The molecule has 0 spiro atoms.